The van der Waals surface area contributed by atoms with Crippen LogP contribution in [0.25, 0.3) is 28.3 Å². The molecule has 0 fully saturated rings. The Morgan fingerprint density at radius 3 is 2.52 bits per heavy atom. The summed E-state index contributed by atoms with van der Waals surface area (Å²) in [7, 11) is 0. The molecule has 0 spiro atoms. The summed E-state index contributed by atoms with van der Waals surface area (Å²) in [5.41, 5.74) is -2.66. The van der Waals surface area contributed by atoms with Gasteiger partial charge in [-0.05, 0) is 36.6 Å². The van der Waals surface area contributed by atoms with Crippen LogP contribution in [0.2, 0.25) is 10.0 Å². The van der Waals surface area contributed by atoms with Crippen molar-refractivity contribution in [3.8, 4) is 28.3 Å². The molecule has 0 saturated heterocycles. The molecule has 0 radical (unpaired) electrons. The Morgan fingerprint density at radius 2 is 1.88 bits per heavy atom. The van der Waals surface area contributed by atoms with Crippen molar-refractivity contribution in [2.75, 3.05) is 6.26 Å². The van der Waals surface area contributed by atoms with Crippen LogP contribution in [0.3, 0.4) is 0 Å². The number of rotatable bonds is 4. The molecule has 0 aliphatic rings. The Hall–Kier alpha value is -2.82. The Kier molecular flexibility index (Phi) is 6.26. The van der Waals surface area contributed by atoms with E-state index >= 15 is 0 Å². The van der Waals surface area contributed by atoms with E-state index < -0.39 is 34.1 Å². The van der Waals surface area contributed by atoms with Gasteiger partial charge in [0.2, 0.25) is 5.12 Å². The molecule has 5 nitrogen and oxygen atoms in total. The molecule has 0 atom stereocenters. The largest absolute Gasteiger partial charge is 0.434 e. The van der Waals surface area contributed by atoms with E-state index in [2.05, 4.69) is 10.3 Å². The summed E-state index contributed by atoms with van der Waals surface area (Å²) in [5.74, 6) is -1.33. The van der Waals surface area contributed by atoms with Gasteiger partial charge in [0.1, 0.15) is 17.1 Å². The third kappa shape index (κ3) is 4.25. The van der Waals surface area contributed by atoms with Crippen LogP contribution in [0.15, 0.2) is 53.2 Å². The van der Waals surface area contributed by atoms with E-state index in [1.54, 1.807) is 0 Å². The van der Waals surface area contributed by atoms with E-state index in [4.69, 9.17) is 27.7 Å². The van der Waals surface area contributed by atoms with Gasteiger partial charge in [-0.15, -0.1) is 0 Å². The van der Waals surface area contributed by atoms with Gasteiger partial charge >= 0.3 is 6.18 Å². The number of hydrogen-bond acceptors (Lipinski definition) is 5. The summed E-state index contributed by atoms with van der Waals surface area (Å²) < 4.78 is 62.8. The SMILES string of the molecule is CSC(=O)c1c(-c2c(F)cccc2Cl)noc1-c1cnn(-c2cccc(Cl)c2)c1C(F)(F)F. The number of carbonyl (C=O) groups excluding carboxylic acids is 1. The van der Waals surface area contributed by atoms with Crippen LogP contribution in [0, 0.1) is 5.82 Å². The van der Waals surface area contributed by atoms with E-state index in [1.807, 2.05) is 0 Å². The van der Waals surface area contributed by atoms with Crippen molar-refractivity contribution in [2.45, 2.75) is 6.18 Å². The average Bonchev–Trinajstić information content (AvgIpc) is 3.37. The number of nitrogens with zero attached hydrogens (tertiary/aromatic N) is 3. The van der Waals surface area contributed by atoms with Gasteiger partial charge < -0.3 is 4.52 Å². The van der Waals surface area contributed by atoms with Crippen molar-refractivity contribution in [1.82, 2.24) is 14.9 Å². The quantitative estimate of drug-likeness (QED) is 0.270. The van der Waals surface area contributed by atoms with Crippen LogP contribution < -0.4 is 0 Å². The number of benzene rings is 2. The molecular formula is C21H11Cl2F4N3O2S. The van der Waals surface area contributed by atoms with Crippen molar-refractivity contribution in [1.29, 1.82) is 0 Å². The molecule has 0 bridgehead atoms. The molecule has 2 heterocycles. The first-order valence-corrected chi connectivity index (χ1v) is 11.1. The minimum absolute atomic E-state index is 0.0377. The highest BCUT2D eigenvalue weighted by molar-refractivity contribution is 8.13. The highest BCUT2D eigenvalue weighted by Gasteiger charge is 2.42. The number of hydrogen-bond donors (Lipinski definition) is 0. The van der Waals surface area contributed by atoms with Gasteiger partial charge in [-0.1, -0.05) is 52.3 Å². The summed E-state index contributed by atoms with van der Waals surface area (Å²) in [5, 5.41) is 6.98. The smallest absolute Gasteiger partial charge is 0.355 e. The van der Waals surface area contributed by atoms with Gasteiger partial charge in [0.05, 0.1) is 28.0 Å². The summed E-state index contributed by atoms with van der Waals surface area (Å²) in [6, 6.07) is 9.44. The number of aromatic nitrogens is 3. The van der Waals surface area contributed by atoms with Crippen LogP contribution in [0.5, 0.6) is 0 Å². The topological polar surface area (TPSA) is 60.9 Å². The van der Waals surface area contributed by atoms with Crippen LogP contribution in [0.1, 0.15) is 16.1 Å². The number of alkyl halides is 3. The molecule has 2 aromatic heterocycles. The fourth-order valence-corrected chi connectivity index (χ4v) is 4.08. The normalized spacial score (nSPS) is 11.7. The zero-order chi connectivity index (χ0) is 23.9. The van der Waals surface area contributed by atoms with Crippen molar-refractivity contribution in [3.63, 3.8) is 0 Å². The fraction of sp³-hybridized carbons (Fsp3) is 0.0952. The van der Waals surface area contributed by atoms with Crippen molar-refractivity contribution < 1.29 is 26.9 Å². The van der Waals surface area contributed by atoms with Gasteiger partial charge in [-0.3, -0.25) is 4.79 Å². The molecule has 0 amide bonds. The zero-order valence-electron chi connectivity index (χ0n) is 16.5. The first-order chi connectivity index (χ1) is 15.6. The molecule has 0 aliphatic carbocycles. The lowest BCUT2D eigenvalue weighted by atomic mass is 10.0. The standard InChI is InChI=1S/C21H11Cl2F4N3O2S/c1-33-20(31)16-17(15-13(23)6-3-7-14(15)24)29-32-18(16)12-9-28-30(19(12)21(25,26)27)11-5-2-4-10(22)8-11/h2-9H,1H3. The first kappa shape index (κ1) is 23.3. The molecule has 4 rings (SSSR count). The molecule has 0 unspecified atom stereocenters. The molecule has 4 aromatic rings. The van der Waals surface area contributed by atoms with Crippen LogP contribution >= 0.6 is 35.0 Å². The maximum Gasteiger partial charge on any atom is 0.434 e. The first-order valence-electron chi connectivity index (χ1n) is 9.07. The number of carbonyl (C=O) groups is 1. The number of thioether (sulfide) groups is 1. The van der Waals surface area contributed by atoms with Crippen LogP contribution in [-0.2, 0) is 6.18 Å². The second-order valence-corrected chi connectivity index (χ2v) is 8.24. The maximum absolute atomic E-state index is 14.5. The summed E-state index contributed by atoms with van der Waals surface area (Å²) >= 11 is 12.7. The fourth-order valence-electron chi connectivity index (χ4n) is 3.25. The van der Waals surface area contributed by atoms with Gasteiger partial charge in [-0.2, -0.15) is 18.3 Å². The molecular weight excluding hydrogens is 505 g/mol. The molecule has 0 N–H and O–H groups in total. The van der Waals surface area contributed by atoms with Crippen molar-refractivity contribution in [3.05, 3.63) is 75.8 Å². The molecule has 170 valence electrons. The predicted molar refractivity (Wildman–Crippen MR) is 117 cm³/mol. The van der Waals surface area contributed by atoms with Gasteiger partial charge in [0.15, 0.2) is 11.5 Å². The van der Waals surface area contributed by atoms with Crippen LogP contribution in [-0.4, -0.2) is 26.3 Å². The highest BCUT2D eigenvalue weighted by Crippen LogP contribution is 2.43. The molecule has 2 aromatic carbocycles. The van der Waals surface area contributed by atoms with Gasteiger partial charge in [-0.25, -0.2) is 9.07 Å². The minimum Gasteiger partial charge on any atom is -0.355 e. The lowest BCUT2D eigenvalue weighted by molar-refractivity contribution is -0.142. The second kappa shape index (κ2) is 8.85. The van der Waals surface area contributed by atoms with Crippen LogP contribution in [0.4, 0.5) is 17.6 Å². The summed E-state index contributed by atoms with van der Waals surface area (Å²) in [6.45, 7) is 0. The van der Waals surface area contributed by atoms with E-state index in [-0.39, 0.29) is 32.6 Å². The van der Waals surface area contributed by atoms with E-state index in [0.29, 0.717) is 16.4 Å². The number of halogens is 6. The van der Waals surface area contributed by atoms with E-state index in [9.17, 15) is 22.4 Å². The Balaban J connectivity index is 2.01. The Bertz CT molecular complexity index is 1350. The second-order valence-electron chi connectivity index (χ2n) is 6.62. The Labute approximate surface area is 198 Å². The maximum atomic E-state index is 14.5. The molecule has 12 heteroatoms. The summed E-state index contributed by atoms with van der Waals surface area (Å²) in [6.07, 6.45) is -2.59. The minimum atomic E-state index is -4.91. The highest BCUT2D eigenvalue weighted by atomic mass is 35.5. The van der Waals surface area contributed by atoms with E-state index in [0.717, 1.165) is 12.3 Å². The molecule has 33 heavy (non-hydrogen) atoms. The monoisotopic (exact) mass is 515 g/mol. The third-order valence-corrected chi connectivity index (χ3v) is 5.74. The predicted octanol–water partition coefficient (Wildman–Crippen LogP) is 7.16. The van der Waals surface area contributed by atoms with Gasteiger partial charge in [0, 0.05) is 5.02 Å². The molecule has 0 aliphatic heterocycles. The summed E-state index contributed by atoms with van der Waals surface area (Å²) in [4.78, 5) is 12.7. The van der Waals surface area contributed by atoms with Crippen molar-refractivity contribution in [2.24, 2.45) is 0 Å². The lowest BCUT2D eigenvalue weighted by Gasteiger charge is -2.12. The average molecular weight is 516 g/mol. The third-order valence-electron chi connectivity index (χ3n) is 4.62. The van der Waals surface area contributed by atoms with Crippen molar-refractivity contribution >= 4 is 40.1 Å². The zero-order valence-corrected chi connectivity index (χ0v) is 18.8. The van der Waals surface area contributed by atoms with Gasteiger partial charge in [0.25, 0.3) is 0 Å². The molecule has 0 saturated carbocycles. The van der Waals surface area contributed by atoms with E-state index in [1.165, 1.54) is 42.7 Å². The lowest BCUT2D eigenvalue weighted by Crippen LogP contribution is -2.14. The Morgan fingerprint density at radius 1 is 1.15 bits per heavy atom.